The molecule has 0 aliphatic carbocycles. The van der Waals surface area contributed by atoms with Gasteiger partial charge in [-0.15, -0.1) is 22.7 Å². The molecule has 2 N–H and O–H groups in total. The van der Waals surface area contributed by atoms with E-state index < -0.39 is 23.6 Å². The summed E-state index contributed by atoms with van der Waals surface area (Å²) in [4.78, 5) is 35.4. The molecule has 6 nitrogen and oxygen atoms in total. The molecule has 52 heavy (non-hydrogen) atoms. The fourth-order valence-electron chi connectivity index (χ4n) is 6.81. The number of aromatic carboxylic acids is 2. The van der Waals surface area contributed by atoms with Crippen molar-refractivity contribution in [3.8, 4) is 43.4 Å². The summed E-state index contributed by atoms with van der Waals surface area (Å²) < 4.78 is 32.5. The Morgan fingerprint density at radius 1 is 0.692 bits per heavy atom. The van der Waals surface area contributed by atoms with Gasteiger partial charge in [-0.3, -0.25) is 0 Å². The molecule has 3 aromatic carbocycles. The minimum absolute atomic E-state index is 0.00146. The molecular weight excluding hydrogens is 699 g/mol. The van der Waals surface area contributed by atoms with E-state index in [2.05, 4.69) is 13.8 Å². The van der Waals surface area contributed by atoms with E-state index in [9.17, 15) is 19.8 Å². The fourth-order valence-corrected chi connectivity index (χ4v) is 8.34. The maximum atomic E-state index is 16.3. The summed E-state index contributed by atoms with van der Waals surface area (Å²) in [6, 6.07) is 18.2. The lowest BCUT2D eigenvalue weighted by Gasteiger charge is -2.20. The molecule has 0 spiro atoms. The van der Waals surface area contributed by atoms with Gasteiger partial charge in [-0.2, -0.15) is 0 Å². The van der Waals surface area contributed by atoms with Gasteiger partial charge in [0.1, 0.15) is 11.0 Å². The number of fused-ring (bicyclic) bond motifs is 1. The predicted molar refractivity (Wildman–Crippen MR) is 206 cm³/mol. The molecule has 0 saturated heterocycles. The third-order valence-corrected chi connectivity index (χ3v) is 11.3. The van der Waals surface area contributed by atoms with Gasteiger partial charge < -0.3 is 10.2 Å². The summed E-state index contributed by atoms with van der Waals surface area (Å²) in [5.74, 6) is -3.87. The number of hydrogen-bond donors (Lipinski definition) is 2. The van der Waals surface area contributed by atoms with Crippen LogP contribution in [0.15, 0.2) is 77.5 Å². The summed E-state index contributed by atoms with van der Waals surface area (Å²) in [7, 11) is 0. The highest BCUT2D eigenvalue weighted by atomic mass is 32.1. The van der Waals surface area contributed by atoms with Gasteiger partial charge in [0.05, 0.1) is 33.6 Å². The Hall–Kier alpha value is -4.80. The lowest BCUT2D eigenvalue weighted by atomic mass is 9.86. The minimum atomic E-state index is -1.09. The molecule has 3 aromatic heterocycles. The third-order valence-electron chi connectivity index (χ3n) is 9.49. The summed E-state index contributed by atoms with van der Waals surface area (Å²) in [6.45, 7) is 4.34. The van der Waals surface area contributed by atoms with Crippen molar-refractivity contribution in [3.05, 3.63) is 106 Å². The topological polar surface area (TPSA) is 100 Å². The van der Waals surface area contributed by atoms with E-state index >= 15 is 8.78 Å². The number of rotatable bonds is 16. The lowest BCUT2D eigenvalue weighted by molar-refractivity contribution is 0.0685. The molecule has 1 atom stereocenters. The first-order valence-corrected chi connectivity index (χ1v) is 19.5. The number of carboxylic acids is 2. The Kier molecular flexibility index (Phi) is 11.9. The normalized spacial score (nSPS) is 12.0. The second-order valence-corrected chi connectivity index (χ2v) is 15.0. The molecule has 0 fully saturated rings. The molecular formula is C42H40F2N2O4S2. The number of nitrogens with zero attached hydrogens (tertiary/aromatic N) is 2. The Balaban J connectivity index is 1.61. The lowest BCUT2D eigenvalue weighted by Crippen LogP contribution is -2.10. The highest BCUT2D eigenvalue weighted by molar-refractivity contribution is 7.14. The van der Waals surface area contributed by atoms with Crippen molar-refractivity contribution in [3.63, 3.8) is 0 Å². The minimum Gasteiger partial charge on any atom is -0.478 e. The van der Waals surface area contributed by atoms with Crippen LogP contribution in [-0.4, -0.2) is 32.1 Å². The fraction of sp³-hybridized carbons (Fsp3) is 0.286. The quantitative estimate of drug-likeness (QED) is 0.0959. The molecule has 0 radical (unpaired) electrons. The zero-order chi connectivity index (χ0) is 36.8. The van der Waals surface area contributed by atoms with E-state index in [1.165, 1.54) is 41.2 Å². The van der Waals surface area contributed by atoms with Crippen molar-refractivity contribution in [1.82, 2.24) is 9.97 Å². The zero-order valence-corrected chi connectivity index (χ0v) is 30.8. The molecule has 6 aromatic rings. The summed E-state index contributed by atoms with van der Waals surface area (Å²) in [6.07, 6.45) is 9.19. The van der Waals surface area contributed by atoms with Crippen LogP contribution in [0.4, 0.5) is 8.78 Å². The molecule has 1 unspecified atom stereocenters. The van der Waals surface area contributed by atoms with Crippen LogP contribution in [0.5, 0.6) is 0 Å². The maximum Gasteiger partial charge on any atom is 0.335 e. The van der Waals surface area contributed by atoms with Gasteiger partial charge in [-0.05, 0) is 65.1 Å². The van der Waals surface area contributed by atoms with Gasteiger partial charge in [-0.25, -0.2) is 28.3 Å². The first kappa shape index (κ1) is 37.0. The number of hydrogen-bond acceptors (Lipinski definition) is 6. The molecule has 0 aliphatic rings. The Morgan fingerprint density at radius 2 is 1.25 bits per heavy atom. The number of carbonyl (C=O) groups is 2. The van der Waals surface area contributed by atoms with Crippen LogP contribution in [0.2, 0.25) is 0 Å². The largest absolute Gasteiger partial charge is 0.478 e. The van der Waals surface area contributed by atoms with E-state index in [0.717, 1.165) is 44.9 Å². The van der Waals surface area contributed by atoms with Gasteiger partial charge in [-0.1, -0.05) is 95.5 Å². The SMILES string of the molecule is CCCCCCC(CCCC)Cc1cc(-c2nc3c(-c4cccs4)c(F)c(F)c(-c4cccs4)c3nc2-c2ccc(C(=O)O)cc2)ccc1C(=O)O. The van der Waals surface area contributed by atoms with Crippen molar-refractivity contribution in [2.24, 2.45) is 5.92 Å². The molecule has 0 bridgehead atoms. The highest BCUT2D eigenvalue weighted by Gasteiger charge is 2.28. The maximum absolute atomic E-state index is 16.3. The van der Waals surface area contributed by atoms with Crippen LogP contribution in [0.25, 0.3) is 54.4 Å². The molecule has 0 aliphatic heterocycles. The van der Waals surface area contributed by atoms with Crippen LogP contribution in [-0.2, 0) is 6.42 Å². The average molecular weight is 739 g/mol. The third kappa shape index (κ3) is 7.83. The number of aromatic nitrogens is 2. The average Bonchev–Trinajstić information content (AvgIpc) is 3.88. The van der Waals surface area contributed by atoms with E-state index in [1.807, 2.05) is 6.07 Å². The second-order valence-electron chi connectivity index (χ2n) is 13.1. The standard InChI is InChI=1S/C42H40F2N2O4S2/c1-3-5-7-8-12-25(11-6-4-2)23-29-24-28(19-20-30(29)42(49)50)38-37(26-15-17-27(18-16-26)41(47)48)45-39-33(31-13-9-21-51-31)35(43)36(44)34(40(39)46-38)32-14-10-22-52-32/h9-10,13-22,24-25H,3-8,11-12,23H2,1-2H3,(H,47,48)(H,49,50). The molecule has 6 rings (SSSR count). The first-order valence-electron chi connectivity index (χ1n) is 17.7. The highest BCUT2D eigenvalue weighted by Crippen LogP contribution is 2.44. The van der Waals surface area contributed by atoms with Crippen LogP contribution in [0, 0.1) is 17.6 Å². The first-order chi connectivity index (χ1) is 25.2. The predicted octanol–water partition coefficient (Wildman–Crippen LogP) is 12.4. The number of carboxylic acid groups (broad SMARTS) is 2. The molecule has 10 heteroatoms. The van der Waals surface area contributed by atoms with E-state index in [0.29, 0.717) is 50.2 Å². The van der Waals surface area contributed by atoms with E-state index in [4.69, 9.17) is 9.97 Å². The monoisotopic (exact) mass is 738 g/mol. The molecule has 0 amide bonds. The van der Waals surface area contributed by atoms with Crippen molar-refractivity contribution >= 4 is 45.6 Å². The molecule has 0 saturated carbocycles. The number of thiophene rings is 2. The van der Waals surface area contributed by atoms with Gasteiger partial charge in [0.15, 0.2) is 11.6 Å². The number of halogens is 2. The van der Waals surface area contributed by atoms with Crippen molar-refractivity contribution in [1.29, 1.82) is 0 Å². The van der Waals surface area contributed by atoms with E-state index in [1.54, 1.807) is 59.3 Å². The molecule has 268 valence electrons. The van der Waals surface area contributed by atoms with Crippen LogP contribution >= 0.6 is 22.7 Å². The van der Waals surface area contributed by atoms with Crippen molar-refractivity contribution in [2.45, 2.75) is 71.6 Å². The van der Waals surface area contributed by atoms with Gasteiger partial charge >= 0.3 is 11.9 Å². The van der Waals surface area contributed by atoms with Gasteiger partial charge in [0.2, 0.25) is 0 Å². The Bertz CT molecular complexity index is 2180. The molecule has 3 heterocycles. The van der Waals surface area contributed by atoms with Crippen molar-refractivity contribution < 1.29 is 28.6 Å². The summed E-state index contributed by atoms with van der Waals surface area (Å²) in [5.41, 5.74) is 3.09. The van der Waals surface area contributed by atoms with Crippen molar-refractivity contribution in [2.75, 3.05) is 0 Å². The summed E-state index contributed by atoms with van der Waals surface area (Å²) in [5, 5.41) is 23.4. The summed E-state index contributed by atoms with van der Waals surface area (Å²) >= 11 is 2.52. The Labute approximate surface area is 309 Å². The smallest absolute Gasteiger partial charge is 0.335 e. The number of unbranched alkanes of at least 4 members (excludes halogenated alkanes) is 4. The van der Waals surface area contributed by atoms with Crippen LogP contribution in [0.1, 0.15) is 91.5 Å². The Morgan fingerprint density at radius 3 is 1.77 bits per heavy atom. The van der Waals surface area contributed by atoms with Gasteiger partial charge in [0, 0.05) is 20.9 Å². The van der Waals surface area contributed by atoms with E-state index in [-0.39, 0.29) is 33.3 Å². The number of benzene rings is 3. The van der Waals surface area contributed by atoms with Crippen LogP contribution < -0.4 is 0 Å². The second kappa shape index (κ2) is 16.7. The zero-order valence-electron chi connectivity index (χ0n) is 29.1. The van der Waals surface area contributed by atoms with Gasteiger partial charge in [0.25, 0.3) is 0 Å². The van der Waals surface area contributed by atoms with Crippen LogP contribution in [0.3, 0.4) is 0 Å².